The fourth-order valence-electron chi connectivity index (χ4n) is 3.96. The second-order valence-electron chi connectivity index (χ2n) is 8.32. The molecule has 33 heavy (non-hydrogen) atoms. The number of fused-ring (bicyclic) bond motifs is 1. The lowest BCUT2D eigenvalue weighted by molar-refractivity contribution is 0.0951. The lowest BCUT2D eigenvalue weighted by atomic mass is 9.97. The largest absolute Gasteiger partial charge is 0.349 e. The Balaban J connectivity index is 1.68. The standard InChI is InChI=1S/C25H20F2N4OS/c1-13-3-4-14(24(32)29-17-6-7-17)9-19(13)20-10-15-12-28-30-22(23(15)31(2)25(20)33)18-8-5-16(26)11-21(18)27/h3-5,8-12,17H,6-7H2,1-2H3,(H,29,32). The normalized spacial score (nSPS) is 13.3. The van der Waals surface area contributed by atoms with E-state index in [1.165, 1.54) is 12.1 Å². The Hall–Kier alpha value is -3.52. The molecule has 0 saturated heterocycles. The summed E-state index contributed by atoms with van der Waals surface area (Å²) in [5.41, 5.74) is 4.15. The minimum atomic E-state index is -0.725. The maximum absolute atomic E-state index is 14.5. The fourth-order valence-corrected chi connectivity index (χ4v) is 4.22. The van der Waals surface area contributed by atoms with Gasteiger partial charge in [0.2, 0.25) is 0 Å². The monoisotopic (exact) mass is 462 g/mol. The van der Waals surface area contributed by atoms with Crippen molar-refractivity contribution < 1.29 is 13.6 Å². The number of halogens is 2. The van der Waals surface area contributed by atoms with Gasteiger partial charge in [0.1, 0.15) is 22.0 Å². The summed E-state index contributed by atoms with van der Waals surface area (Å²) in [7, 11) is 1.78. The van der Waals surface area contributed by atoms with Crippen LogP contribution in [0.2, 0.25) is 0 Å². The number of aromatic nitrogens is 3. The van der Waals surface area contributed by atoms with Crippen molar-refractivity contribution in [3.8, 4) is 22.4 Å². The molecule has 0 unspecified atom stereocenters. The zero-order valence-electron chi connectivity index (χ0n) is 18.0. The van der Waals surface area contributed by atoms with Gasteiger partial charge in [-0.3, -0.25) is 4.79 Å². The number of nitrogens with one attached hydrogen (secondary N) is 1. The molecule has 5 nitrogen and oxygen atoms in total. The summed E-state index contributed by atoms with van der Waals surface area (Å²) in [6.45, 7) is 1.96. The van der Waals surface area contributed by atoms with Crippen molar-refractivity contribution in [1.29, 1.82) is 0 Å². The highest BCUT2D eigenvalue weighted by Gasteiger charge is 2.24. The molecule has 1 aliphatic carbocycles. The van der Waals surface area contributed by atoms with Crippen molar-refractivity contribution in [1.82, 2.24) is 20.1 Å². The van der Waals surface area contributed by atoms with Crippen molar-refractivity contribution >= 4 is 29.0 Å². The van der Waals surface area contributed by atoms with Crippen molar-refractivity contribution in [2.75, 3.05) is 0 Å². The van der Waals surface area contributed by atoms with Crippen LogP contribution in [0, 0.1) is 23.2 Å². The molecule has 1 fully saturated rings. The number of hydrogen-bond donors (Lipinski definition) is 1. The van der Waals surface area contributed by atoms with Gasteiger partial charge >= 0.3 is 0 Å². The highest BCUT2D eigenvalue weighted by Crippen LogP contribution is 2.33. The van der Waals surface area contributed by atoms with Crippen LogP contribution in [0.5, 0.6) is 0 Å². The van der Waals surface area contributed by atoms with Crippen LogP contribution in [0.25, 0.3) is 33.3 Å². The molecule has 0 spiro atoms. The summed E-state index contributed by atoms with van der Waals surface area (Å²) < 4.78 is 30.2. The molecule has 0 radical (unpaired) electrons. The first-order valence-corrected chi connectivity index (χ1v) is 11.0. The minimum absolute atomic E-state index is 0.102. The third kappa shape index (κ3) is 3.91. The highest BCUT2D eigenvalue weighted by atomic mass is 32.1. The molecule has 1 N–H and O–H groups in total. The third-order valence-electron chi connectivity index (χ3n) is 5.91. The number of carbonyl (C=O) groups is 1. The molecule has 1 aliphatic rings. The van der Waals surface area contributed by atoms with E-state index in [0.717, 1.165) is 35.6 Å². The van der Waals surface area contributed by atoms with Gasteiger partial charge in [0.25, 0.3) is 5.91 Å². The number of benzene rings is 2. The summed E-state index contributed by atoms with van der Waals surface area (Å²) in [4.78, 5) is 12.6. The molecular weight excluding hydrogens is 442 g/mol. The van der Waals surface area contributed by atoms with E-state index in [0.29, 0.717) is 21.1 Å². The first-order valence-electron chi connectivity index (χ1n) is 10.6. The summed E-state index contributed by atoms with van der Waals surface area (Å²) >= 11 is 5.77. The second kappa shape index (κ2) is 8.12. The average Bonchev–Trinajstić information content (AvgIpc) is 3.60. The van der Waals surface area contributed by atoms with Gasteiger partial charge in [0.15, 0.2) is 0 Å². The molecule has 0 aliphatic heterocycles. The predicted molar refractivity (Wildman–Crippen MR) is 125 cm³/mol. The van der Waals surface area contributed by atoms with Crippen LogP contribution in [-0.2, 0) is 7.05 Å². The molecular formula is C25H20F2N4OS. The molecule has 1 amide bonds. The number of rotatable bonds is 4. The van der Waals surface area contributed by atoms with E-state index in [1.54, 1.807) is 17.8 Å². The Morgan fingerprint density at radius 2 is 1.88 bits per heavy atom. The number of amides is 1. The Bertz CT molecular complexity index is 1490. The smallest absolute Gasteiger partial charge is 0.251 e. The van der Waals surface area contributed by atoms with Crippen LogP contribution >= 0.6 is 12.2 Å². The van der Waals surface area contributed by atoms with Gasteiger partial charge in [-0.2, -0.15) is 5.10 Å². The molecule has 2 heterocycles. The topological polar surface area (TPSA) is 59.8 Å². The lowest BCUT2D eigenvalue weighted by Crippen LogP contribution is -2.25. The number of carbonyl (C=O) groups excluding carboxylic acids is 1. The number of hydrogen-bond acceptors (Lipinski definition) is 4. The van der Waals surface area contributed by atoms with Crippen molar-refractivity contribution in [3.05, 3.63) is 76.1 Å². The van der Waals surface area contributed by atoms with Crippen molar-refractivity contribution in [2.45, 2.75) is 25.8 Å². The maximum Gasteiger partial charge on any atom is 0.251 e. The summed E-state index contributed by atoms with van der Waals surface area (Å²) in [5.74, 6) is -1.49. The van der Waals surface area contributed by atoms with Crippen LogP contribution in [0.1, 0.15) is 28.8 Å². The van der Waals surface area contributed by atoms with Gasteiger partial charge in [-0.1, -0.05) is 18.3 Å². The van der Waals surface area contributed by atoms with Gasteiger partial charge in [-0.05, 0) is 61.2 Å². The molecule has 166 valence electrons. The van der Waals surface area contributed by atoms with Crippen LogP contribution in [0.3, 0.4) is 0 Å². The molecule has 0 atom stereocenters. The van der Waals surface area contributed by atoms with E-state index in [1.807, 2.05) is 31.2 Å². The van der Waals surface area contributed by atoms with E-state index in [2.05, 4.69) is 15.5 Å². The van der Waals surface area contributed by atoms with E-state index < -0.39 is 11.6 Å². The molecule has 5 rings (SSSR count). The van der Waals surface area contributed by atoms with Gasteiger partial charge in [-0.15, -0.1) is 5.10 Å². The van der Waals surface area contributed by atoms with Crippen LogP contribution < -0.4 is 5.32 Å². The highest BCUT2D eigenvalue weighted by molar-refractivity contribution is 7.71. The van der Waals surface area contributed by atoms with Crippen LogP contribution in [0.15, 0.2) is 48.7 Å². The van der Waals surface area contributed by atoms with Gasteiger partial charge in [0, 0.05) is 41.2 Å². The molecule has 4 aromatic rings. The number of nitrogens with zero attached hydrogens (tertiary/aromatic N) is 3. The van der Waals surface area contributed by atoms with Crippen molar-refractivity contribution in [2.24, 2.45) is 7.05 Å². The first kappa shape index (κ1) is 21.3. The van der Waals surface area contributed by atoms with Crippen LogP contribution in [-0.4, -0.2) is 26.7 Å². The minimum Gasteiger partial charge on any atom is -0.349 e. The third-order valence-corrected chi connectivity index (χ3v) is 6.41. The predicted octanol–water partition coefficient (Wildman–Crippen LogP) is 5.51. The Labute approximate surface area is 194 Å². The zero-order valence-corrected chi connectivity index (χ0v) is 18.8. The first-order chi connectivity index (χ1) is 15.8. The number of pyridine rings is 1. The molecule has 2 aromatic carbocycles. The number of aryl methyl sites for hydroxylation is 2. The van der Waals surface area contributed by atoms with E-state index >= 15 is 0 Å². The second-order valence-corrected chi connectivity index (χ2v) is 8.71. The van der Waals surface area contributed by atoms with Crippen LogP contribution in [0.4, 0.5) is 8.78 Å². The zero-order chi connectivity index (χ0) is 23.3. The molecule has 8 heteroatoms. The summed E-state index contributed by atoms with van der Waals surface area (Å²) in [6, 6.07) is 11.0. The SMILES string of the molecule is Cc1ccc(C(=O)NC2CC2)cc1-c1cc2cnnc(-c3ccc(F)cc3F)c2n(C)c1=S. The average molecular weight is 463 g/mol. The van der Waals surface area contributed by atoms with Gasteiger partial charge in [0.05, 0.1) is 11.7 Å². The van der Waals surface area contributed by atoms with E-state index in [4.69, 9.17) is 12.2 Å². The Kier molecular flexibility index (Phi) is 5.25. The van der Waals surface area contributed by atoms with Gasteiger partial charge in [-0.25, -0.2) is 8.78 Å². The molecule has 0 bridgehead atoms. The lowest BCUT2D eigenvalue weighted by Gasteiger charge is -2.15. The van der Waals surface area contributed by atoms with Gasteiger partial charge < -0.3 is 9.88 Å². The van der Waals surface area contributed by atoms with Crippen molar-refractivity contribution in [3.63, 3.8) is 0 Å². The maximum atomic E-state index is 14.5. The molecule has 1 saturated carbocycles. The fraction of sp³-hybridized carbons (Fsp3) is 0.200. The Morgan fingerprint density at radius 3 is 2.61 bits per heavy atom. The van der Waals surface area contributed by atoms with E-state index in [-0.39, 0.29) is 23.2 Å². The quantitative estimate of drug-likeness (QED) is 0.406. The Morgan fingerprint density at radius 1 is 1.09 bits per heavy atom. The summed E-state index contributed by atoms with van der Waals surface area (Å²) in [6.07, 6.45) is 3.61. The summed E-state index contributed by atoms with van der Waals surface area (Å²) in [5, 5.41) is 11.9. The molecule has 2 aromatic heterocycles. The van der Waals surface area contributed by atoms with E-state index in [9.17, 15) is 13.6 Å².